The summed E-state index contributed by atoms with van der Waals surface area (Å²) in [5, 5.41) is 7.97. The molecule has 1 aliphatic rings. The Hall–Kier alpha value is -3.64. The number of carbonyl (C=O) groups is 3. The molecule has 3 rings (SSSR count). The van der Waals surface area contributed by atoms with Crippen molar-refractivity contribution < 1.29 is 36.8 Å². The van der Waals surface area contributed by atoms with Crippen molar-refractivity contribution in [1.82, 2.24) is 25.5 Å². The monoisotopic (exact) mass is 455 g/mol. The van der Waals surface area contributed by atoms with E-state index in [2.05, 4.69) is 20.0 Å². The standard InChI is InChI=1S/C19H20F3N5O5/c1-18(2,3)24-13(28)10-27(26-8-9-31-17(26)30)15(29)12-6-4-11(5-7-12)14-23-16(32-25-14)19(20,21)22/h4-7H,8-10H2,1-3H3,(H,24,28). The minimum Gasteiger partial charge on any atom is -0.446 e. The summed E-state index contributed by atoms with van der Waals surface area (Å²) in [6, 6.07) is 5.29. The first-order chi connectivity index (χ1) is 14.8. The summed E-state index contributed by atoms with van der Waals surface area (Å²) in [5.41, 5.74) is -0.297. The van der Waals surface area contributed by atoms with Crippen molar-refractivity contribution >= 4 is 17.9 Å². The van der Waals surface area contributed by atoms with E-state index in [0.717, 1.165) is 10.0 Å². The fraction of sp³-hybridized carbons (Fsp3) is 0.421. The molecule has 10 nitrogen and oxygen atoms in total. The number of alkyl halides is 3. The van der Waals surface area contributed by atoms with Gasteiger partial charge in [0.1, 0.15) is 13.2 Å². The van der Waals surface area contributed by atoms with E-state index in [-0.39, 0.29) is 30.1 Å². The molecule has 0 bridgehead atoms. The molecule has 172 valence electrons. The minimum absolute atomic E-state index is 0.0573. The number of ether oxygens (including phenoxy) is 1. The Balaban J connectivity index is 1.82. The summed E-state index contributed by atoms with van der Waals surface area (Å²) >= 11 is 0. The fourth-order valence-corrected chi connectivity index (χ4v) is 2.83. The number of benzene rings is 1. The molecule has 32 heavy (non-hydrogen) atoms. The van der Waals surface area contributed by atoms with Crippen LogP contribution in [0.15, 0.2) is 28.8 Å². The second-order valence-corrected chi connectivity index (χ2v) is 7.90. The molecule has 3 amide bonds. The van der Waals surface area contributed by atoms with Crippen LogP contribution in [0.3, 0.4) is 0 Å². The van der Waals surface area contributed by atoms with Gasteiger partial charge in [0.25, 0.3) is 5.91 Å². The summed E-state index contributed by atoms with van der Waals surface area (Å²) in [6.07, 6.45) is -5.55. The first-order valence-corrected chi connectivity index (χ1v) is 9.43. The SMILES string of the molecule is CC(C)(C)NC(=O)CN(C(=O)c1ccc(-c2noc(C(F)(F)F)n2)cc1)N1CCOC1=O. The van der Waals surface area contributed by atoms with Crippen molar-refractivity contribution in [2.45, 2.75) is 32.5 Å². The van der Waals surface area contributed by atoms with Crippen LogP contribution in [0.5, 0.6) is 0 Å². The number of aromatic nitrogens is 2. The zero-order valence-electron chi connectivity index (χ0n) is 17.4. The van der Waals surface area contributed by atoms with Gasteiger partial charge in [-0.05, 0) is 32.9 Å². The third-order valence-corrected chi connectivity index (χ3v) is 4.13. The second kappa shape index (κ2) is 8.48. The molecular formula is C19H20F3N5O5. The topological polar surface area (TPSA) is 118 Å². The van der Waals surface area contributed by atoms with E-state index in [1.165, 1.54) is 24.3 Å². The number of amides is 3. The van der Waals surface area contributed by atoms with Gasteiger partial charge in [0.15, 0.2) is 0 Å². The van der Waals surface area contributed by atoms with Crippen LogP contribution < -0.4 is 5.32 Å². The highest BCUT2D eigenvalue weighted by atomic mass is 19.4. The van der Waals surface area contributed by atoms with Crippen molar-refractivity contribution in [1.29, 1.82) is 0 Å². The summed E-state index contributed by atoms with van der Waals surface area (Å²) in [4.78, 5) is 40.7. The van der Waals surface area contributed by atoms with Crippen LogP contribution in [0.25, 0.3) is 11.4 Å². The maximum absolute atomic E-state index is 13.1. The van der Waals surface area contributed by atoms with E-state index in [1.807, 2.05) is 0 Å². The quantitative estimate of drug-likeness (QED) is 0.736. The number of hydrogen-bond acceptors (Lipinski definition) is 7. The fourth-order valence-electron chi connectivity index (χ4n) is 2.83. The highest BCUT2D eigenvalue weighted by molar-refractivity contribution is 5.97. The van der Waals surface area contributed by atoms with Crippen molar-refractivity contribution in [3.63, 3.8) is 0 Å². The summed E-state index contributed by atoms with van der Waals surface area (Å²) in [6.45, 7) is 5.00. The van der Waals surface area contributed by atoms with E-state index in [0.29, 0.717) is 0 Å². The van der Waals surface area contributed by atoms with Gasteiger partial charge in [-0.15, -0.1) is 0 Å². The van der Waals surface area contributed by atoms with E-state index in [1.54, 1.807) is 20.8 Å². The van der Waals surface area contributed by atoms with Crippen LogP contribution in [-0.2, 0) is 15.7 Å². The molecule has 0 radical (unpaired) electrons. The Bertz CT molecular complexity index is 1010. The third kappa shape index (κ3) is 5.34. The molecule has 1 N–H and O–H groups in total. The molecule has 0 atom stereocenters. The van der Waals surface area contributed by atoms with Gasteiger partial charge in [-0.1, -0.05) is 17.3 Å². The van der Waals surface area contributed by atoms with Gasteiger partial charge < -0.3 is 14.6 Å². The van der Waals surface area contributed by atoms with Gasteiger partial charge in [-0.2, -0.15) is 18.2 Å². The van der Waals surface area contributed by atoms with Crippen LogP contribution in [0.1, 0.15) is 37.0 Å². The predicted molar refractivity (Wildman–Crippen MR) is 102 cm³/mol. The smallest absolute Gasteiger partial charge is 0.446 e. The average molecular weight is 455 g/mol. The normalized spacial score (nSPS) is 14.3. The number of hydrazine groups is 1. The molecule has 1 aromatic carbocycles. The van der Waals surface area contributed by atoms with E-state index in [4.69, 9.17) is 4.74 Å². The van der Waals surface area contributed by atoms with Crippen LogP contribution >= 0.6 is 0 Å². The first kappa shape index (κ1) is 23.0. The molecule has 0 saturated carbocycles. The lowest BCUT2D eigenvalue weighted by atomic mass is 10.1. The molecule has 2 aromatic rings. The molecule has 1 saturated heterocycles. The van der Waals surface area contributed by atoms with Gasteiger partial charge in [0, 0.05) is 16.7 Å². The van der Waals surface area contributed by atoms with Crippen molar-refractivity contribution in [3.05, 3.63) is 35.7 Å². The number of cyclic esters (lactones) is 1. The van der Waals surface area contributed by atoms with Crippen LogP contribution in [0.2, 0.25) is 0 Å². The van der Waals surface area contributed by atoms with Gasteiger partial charge in [-0.25, -0.2) is 14.8 Å². The van der Waals surface area contributed by atoms with Gasteiger partial charge >= 0.3 is 18.2 Å². The summed E-state index contributed by atoms with van der Waals surface area (Å²) in [5.74, 6) is -2.96. The Morgan fingerprint density at radius 3 is 2.34 bits per heavy atom. The number of nitrogens with zero attached hydrogens (tertiary/aromatic N) is 4. The summed E-state index contributed by atoms with van der Waals surface area (Å²) in [7, 11) is 0. The average Bonchev–Trinajstić information content (AvgIpc) is 3.33. The van der Waals surface area contributed by atoms with Crippen molar-refractivity contribution in [2.24, 2.45) is 0 Å². The maximum atomic E-state index is 13.1. The lowest BCUT2D eigenvalue weighted by Gasteiger charge is -2.30. The molecule has 1 aliphatic heterocycles. The van der Waals surface area contributed by atoms with E-state index in [9.17, 15) is 27.6 Å². The minimum atomic E-state index is -4.78. The molecule has 0 spiro atoms. The number of halogens is 3. The highest BCUT2D eigenvalue weighted by Crippen LogP contribution is 2.29. The Morgan fingerprint density at radius 1 is 1.19 bits per heavy atom. The Morgan fingerprint density at radius 2 is 1.84 bits per heavy atom. The van der Waals surface area contributed by atoms with Gasteiger partial charge in [0.05, 0.1) is 6.54 Å². The molecule has 0 unspecified atom stereocenters. The van der Waals surface area contributed by atoms with E-state index < -0.39 is 42.1 Å². The van der Waals surface area contributed by atoms with Crippen molar-refractivity contribution in [2.75, 3.05) is 19.7 Å². The second-order valence-electron chi connectivity index (χ2n) is 7.90. The molecule has 1 aromatic heterocycles. The summed E-state index contributed by atoms with van der Waals surface area (Å²) < 4.78 is 47.0. The number of rotatable bonds is 5. The van der Waals surface area contributed by atoms with E-state index >= 15 is 0 Å². The molecule has 0 aliphatic carbocycles. The zero-order chi connectivity index (χ0) is 23.7. The lowest BCUT2D eigenvalue weighted by Crippen LogP contribution is -2.53. The largest absolute Gasteiger partial charge is 0.471 e. The lowest BCUT2D eigenvalue weighted by molar-refractivity contribution is -0.159. The molecular weight excluding hydrogens is 435 g/mol. The third-order valence-electron chi connectivity index (χ3n) is 4.13. The number of carbonyl (C=O) groups excluding carboxylic acids is 3. The Labute approximate surface area is 180 Å². The highest BCUT2D eigenvalue weighted by Gasteiger charge is 2.38. The number of nitrogens with one attached hydrogen (secondary N) is 1. The van der Waals surface area contributed by atoms with Crippen molar-refractivity contribution in [3.8, 4) is 11.4 Å². The predicted octanol–water partition coefficient (Wildman–Crippen LogP) is 2.48. The van der Waals surface area contributed by atoms with Crippen LogP contribution in [-0.4, -0.2) is 63.3 Å². The maximum Gasteiger partial charge on any atom is 0.471 e. The first-order valence-electron chi connectivity index (χ1n) is 9.43. The van der Waals surface area contributed by atoms with Crippen LogP contribution in [0.4, 0.5) is 18.0 Å². The molecule has 2 heterocycles. The Kier molecular flexibility index (Phi) is 6.10. The molecule has 1 fully saturated rings. The molecule has 13 heteroatoms. The zero-order valence-corrected chi connectivity index (χ0v) is 17.4. The number of hydrogen-bond donors (Lipinski definition) is 1. The van der Waals surface area contributed by atoms with Gasteiger partial charge in [0.2, 0.25) is 11.7 Å². The van der Waals surface area contributed by atoms with Gasteiger partial charge in [-0.3, -0.25) is 9.59 Å². The van der Waals surface area contributed by atoms with Crippen LogP contribution in [0, 0.1) is 0 Å².